The van der Waals surface area contributed by atoms with E-state index in [-0.39, 0.29) is 35.6 Å². The minimum atomic E-state index is -3.43. The standard InChI is InChI=1S/C19H32N6O4S.HI/c1-20-19(21-9-7-18(26)22-16-5-3-2-4-6-16)24-10-12-25(13-11-24)30(27,28)15-17-8-14-29-23-17;/h8,14,16H,2-7,9-13,15H2,1H3,(H,20,21)(H,22,26);1H. The van der Waals surface area contributed by atoms with E-state index in [2.05, 4.69) is 20.8 Å². The Hall–Kier alpha value is -1.41. The van der Waals surface area contributed by atoms with Gasteiger partial charge in [0.05, 0.1) is 5.69 Å². The van der Waals surface area contributed by atoms with Crippen molar-refractivity contribution in [2.75, 3.05) is 39.8 Å². The molecule has 1 saturated carbocycles. The number of carbonyl (C=O) groups excluding carboxylic acids is 1. The van der Waals surface area contributed by atoms with E-state index < -0.39 is 10.0 Å². The zero-order valence-corrected chi connectivity index (χ0v) is 21.1. The second kappa shape index (κ2) is 12.6. The van der Waals surface area contributed by atoms with Crippen LogP contribution >= 0.6 is 24.0 Å². The number of aromatic nitrogens is 1. The van der Waals surface area contributed by atoms with E-state index in [4.69, 9.17) is 4.52 Å². The summed E-state index contributed by atoms with van der Waals surface area (Å²) >= 11 is 0. The van der Waals surface area contributed by atoms with Crippen LogP contribution in [0.15, 0.2) is 21.8 Å². The average Bonchev–Trinajstić information content (AvgIpc) is 3.24. The molecule has 176 valence electrons. The van der Waals surface area contributed by atoms with E-state index in [9.17, 15) is 13.2 Å². The number of piperazine rings is 1. The van der Waals surface area contributed by atoms with E-state index >= 15 is 0 Å². The number of rotatable bonds is 7. The molecule has 0 unspecified atom stereocenters. The lowest BCUT2D eigenvalue weighted by molar-refractivity contribution is -0.121. The van der Waals surface area contributed by atoms with Crippen LogP contribution in [-0.4, -0.2) is 80.5 Å². The number of hydrogen-bond acceptors (Lipinski definition) is 6. The van der Waals surface area contributed by atoms with Crippen molar-refractivity contribution in [3.05, 3.63) is 18.0 Å². The first-order valence-corrected chi connectivity index (χ1v) is 12.2. The Morgan fingerprint density at radius 2 is 1.94 bits per heavy atom. The highest BCUT2D eigenvalue weighted by molar-refractivity contribution is 14.0. The Bertz CT molecular complexity index is 803. The van der Waals surface area contributed by atoms with Crippen LogP contribution in [0, 0.1) is 0 Å². The summed E-state index contributed by atoms with van der Waals surface area (Å²) in [6.07, 6.45) is 7.55. The normalized spacial score (nSPS) is 19.0. The molecule has 1 aliphatic heterocycles. The Labute approximate surface area is 201 Å². The summed E-state index contributed by atoms with van der Waals surface area (Å²) in [5, 5.41) is 10.0. The first kappa shape index (κ1) is 25.8. The summed E-state index contributed by atoms with van der Waals surface area (Å²) < 4.78 is 31.3. The molecular formula is C19H33IN6O4S. The third-order valence-corrected chi connectivity index (χ3v) is 7.38. The van der Waals surface area contributed by atoms with Gasteiger partial charge in [-0.25, -0.2) is 8.42 Å². The topological polar surface area (TPSA) is 120 Å². The molecule has 1 aromatic rings. The van der Waals surface area contributed by atoms with Crippen molar-refractivity contribution in [2.45, 2.75) is 50.3 Å². The van der Waals surface area contributed by atoms with Gasteiger partial charge in [0, 0.05) is 58.3 Å². The molecule has 12 heteroatoms. The van der Waals surface area contributed by atoms with Crippen molar-refractivity contribution in [2.24, 2.45) is 4.99 Å². The van der Waals surface area contributed by atoms with E-state index in [0.29, 0.717) is 56.8 Å². The van der Waals surface area contributed by atoms with Gasteiger partial charge >= 0.3 is 0 Å². The summed E-state index contributed by atoms with van der Waals surface area (Å²) in [4.78, 5) is 18.4. The second-order valence-corrected chi connectivity index (χ2v) is 9.73. The fraction of sp³-hybridized carbons (Fsp3) is 0.737. The molecule has 0 radical (unpaired) electrons. The molecule has 0 bridgehead atoms. The Morgan fingerprint density at radius 1 is 1.23 bits per heavy atom. The van der Waals surface area contributed by atoms with Crippen LogP contribution in [0.2, 0.25) is 0 Å². The van der Waals surface area contributed by atoms with Gasteiger partial charge in [0.1, 0.15) is 12.0 Å². The highest BCUT2D eigenvalue weighted by atomic mass is 127. The molecule has 2 aliphatic rings. The van der Waals surface area contributed by atoms with E-state index in [0.717, 1.165) is 12.8 Å². The molecule has 3 rings (SSSR count). The maximum atomic E-state index is 12.5. The van der Waals surface area contributed by atoms with Gasteiger partial charge in [0.25, 0.3) is 0 Å². The smallest absolute Gasteiger partial charge is 0.221 e. The number of aliphatic imine (C=N–C) groups is 1. The Balaban J connectivity index is 0.00000341. The third kappa shape index (κ3) is 7.90. The second-order valence-electron chi connectivity index (χ2n) is 7.76. The van der Waals surface area contributed by atoms with Crippen LogP contribution in [0.1, 0.15) is 44.2 Å². The highest BCUT2D eigenvalue weighted by Gasteiger charge is 2.29. The molecule has 1 saturated heterocycles. The number of nitrogens with zero attached hydrogens (tertiary/aromatic N) is 4. The van der Waals surface area contributed by atoms with Gasteiger partial charge in [-0.05, 0) is 12.8 Å². The summed E-state index contributed by atoms with van der Waals surface area (Å²) in [5.41, 5.74) is 0.404. The maximum absolute atomic E-state index is 12.5. The van der Waals surface area contributed by atoms with Crippen molar-refractivity contribution >= 4 is 45.9 Å². The lowest BCUT2D eigenvalue weighted by Gasteiger charge is -2.35. The molecule has 1 aromatic heterocycles. The van der Waals surface area contributed by atoms with E-state index in [1.165, 1.54) is 29.8 Å². The molecule has 1 aliphatic carbocycles. The molecule has 0 spiro atoms. The number of guanidine groups is 1. The van der Waals surface area contributed by atoms with Crippen LogP contribution < -0.4 is 10.6 Å². The largest absolute Gasteiger partial charge is 0.364 e. The number of carbonyl (C=O) groups is 1. The lowest BCUT2D eigenvalue weighted by Crippen LogP contribution is -2.54. The van der Waals surface area contributed by atoms with Gasteiger partial charge in [-0.1, -0.05) is 24.4 Å². The molecule has 10 nitrogen and oxygen atoms in total. The van der Waals surface area contributed by atoms with Crippen LogP contribution in [0.5, 0.6) is 0 Å². The lowest BCUT2D eigenvalue weighted by atomic mass is 9.95. The molecule has 2 heterocycles. The monoisotopic (exact) mass is 568 g/mol. The molecule has 31 heavy (non-hydrogen) atoms. The minimum Gasteiger partial charge on any atom is -0.364 e. The summed E-state index contributed by atoms with van der Waals surface area (Å²) in [5.74, 6) is 0.592. The van der Waals surface area contributed by atoms with E-state index in [1.807, 2.05) is 4.90 Å². The Kier molecular flexibility index (Phi) is 10.5. The van der Waals surface area contributed by atoms with Crippen molar-refractivity contribution in [1.29, 1.82) is 0 Å². The summed E-state index contributed by atoms with van der Waals surface area (Å²) in [6.45, 7) is 2.32. The van der Waals surface area contributed by atoms with Crippen molar-refractivity contribution in [3.63, 3.8) is 0 Å². The van der Waals surface area contributed by atoms with Crippen molar-refractivity contribution in [3.8, 4) is 0 Å². The predicted octanol–water partition coefficient (Wildman–Crippen LogP) is 1.15. The summed E-state index contributed by atoms with van der Waals surface area (Å²) in [7, 11) is -1.74. The predicted molar refractivity (Wildman–Crippen MR) is 129 cm³/mol. The number of sulfonamides is 1. The zero-order chi connectivity index (χ0) is 21.4. The molecule has 0 atom stereocenters. The molecule has 2 N–H and O–H groups in total. The highest BCUT2D eigenvalue weighted by Crippen LogP contribution is 2.17. The average molecular weight is 568 g/mol. The van der Waals surface area contributed by atoms with Gasteiger partial charge in [-0.2, -0.15) is 4.31 Å². The minimum absolute atomic E-state index is 0. The van der Waals surface area contributed by atoms with Crippen LogP contribution in [0.3, 0.4) is 0 Å². The Morgan fingerprint density at radius 3 is 2.55 bits per heavy atom. The van der Waals surface area contributed by atoms with Crippen LogP contribution in [-0.2, 0) is 20.6 Å². The molecule has 2 fully saturated rings. The maximum Gasteiger partial charge on any atom is 0.221 e. The summed E-state index contributed by atoms with van der Waals surface area (Å²) in [6, 6.07) is 1.88. The number of halogens is 1. The molecular weight excluding hydrogens is 535 g/mol. The van der Waals surface area contributed by atoms with Crippen LogP contribution in [0.25, 0.3) is 0 Å². The van der Waals surface area contributed by atoms with Crippen LogP contribution in [0.4, 0.5) is 0 Å². The fourth-order valence-corrected chi connectivity index (χ4v) is 5.36. The molecule has 0 aromatic carbocycles. The number of amides is 1. The third-order valence-electron chi connectivity index (χ3n) is 5.57. The van der Waals surface area contributed by atoms with Gasteiger partial charge < -0.3 is 20.1 Å². The van der Waals surface area contributed by atoms with Gasteiger partial charge in [-0.3, -0.25) is 9.79 Å². The van der Waals surface area contributed by atoms with Gasteiger partial charge in [0.15, 0.2) is 5.96 Å². The first-order chi connectivity index (χ1) is 14.5. The zero-order valence-electron chi connectivity index (χ0n) is 18.0. The SMILES string of the molecule is CN=C(NCCC(=O)NC1CCCCC1)N1CCN(S(=O)(=O)Cc2ccon2)CC1.I. The van der Waals surface area contributed by atoms with Gasteiger partial charge in [-0.15, -0.1) is 24.0 Å². The van der Waals surface area contributed by atoms with Gasteiger partial charge in [0.2, 0.25) is 15.9 Å². The van der Waals surface area contributed by atoms with Crippen molar-refractivity contribution < 1.29 is 17.7 Å². The molecule has 1 amide bonds. The first-order valence-electron chi connectivity index (χ1n) is 10.6. The van der Waals surface area contributed by atoms with Crippen molar-refractivity contribution in [1.82, 2.24) is 25.0 Å². The number of hydrogen-bond donors (Lipinski definition) is 2. The fourth-order valence-electron chi connectivity index (χ4n) is 3.94. The van der Waals surface area contributed by atoms with E-state index in [1.54, 1.807) is 13.1 Å². The number of nitrogens with one attached hydrogen (secondary N) is 2. The quantitative estimate of drug-likeness (QED) is 0.288.